The number of ether oxygens (including phenoxy) is 1. The lowest BCUT2D eigenvalue weighted by Gasteiger charge is -2.26. The number of benzene rings is 2. The zero-order valence-corrected chi connectivity index (χ0v) is 15.3. The first kappa shape index (κ1) is 18.8. The standard InChI is InChI=1S/C21H15F2NO5/c1-24-16-4-2-12(6-11(16)3-5-19(24)26)17(25)10-29-21(27)14-9-28-18-8-13(22)7-15(23)20(14)18/h2,4,6-9H,3,5,10H2,1H3. The van der Waals surface area contributed by atoms with Gasteiger partial charge in [-0.2, -0.15) is 0 Å². The second kappa shape index (κ2) is 7.12. The number of hydrogen-bond acceptors (Lipinski definition) is 5. The number of carbonyl (C=O) groups excluding carboxylic acids is 3. The summed E-state index contributed by atoms with van der Waals surface area (Å²) in [5.74, 6) is -3.18. The summed E-state index contributed by atoms with van der Waals surface area (Å²) in [5, 5.41) is -0.203. The van der Waals surface area contributed by atoms with Crippen LogP contribution in [0.5, 0.6) is 0 Å². The minimum Gasteiger partial charge on any atom is -0.463 e. The molecule has 0 saturated heterocycles. The van der Waals surface area contributed by atoms with Crippen LogP contribution >= 0.6 is 0 Å². The monoisotopic (exact) mass is 399 g/mol. The number of halogens is 2. The third kappa shape index (κ3) is 3.37. The van der Waals surface area contributed by atoms with E-state index >= 15 is 0 Å². The van der Waals surface area contributed by atoms with Crippen molar-refractivity contribution >= 4 is 34.3 Å². The Morgan fingerprint density at radius 2 is 1.97 bits per heavy atom. The summed E-state index contributed by atoms with van der Waals surface area (Å²) in [7, 11) is 1.67. The smallest absolute Gasteiger partial charge is 0.342 e. The van der Waals surface area contributed by atoms with Gasteiger partial charge >= 0.3 is 5.97 Å². The van der Waals surface area contributed by atoms with Crippen LogP contribution in [0.1, 0.15) is 32.7 Å². The van der Waals surface area contributed by atoms with Crippen LogP contribution in [0.3, 0.4) is 0 Å². The molecule has 1 aromatic heterocycles. The Labute approximate surface area is 163 Å². The second-order valence-electron chi connectivity index (χ2n) is 6.71. The molecule has 148 valence electrons. The predicted octanol–water partition coefficient (Wildman–Crippen LogP) is 3.66. The number of fused-ring (bicyclic) bond motifs is 2. The van der Waals surface area contributed by atoms with Gasteiger partial charge in [-0.05, 0) is 30.2 Å². The van der Waals surface area contributed by atoms with E-state index in [1.807, 2.05) is 0 Å². The minimum absolute atomic E-state index is 0.00459. The van der Waals surface area contributed by atoms with E-state index in [2.05, 4.69) is 0 Å². The molecule has 0 aliphatic carbocycles. The van der Waals surface area contributed by atoms with Crippen LogP contribution in [0.4, 0.5) is 14.5 Å². The number of rotatable bonds is 4. The quantitative estimate of drug-likeness (QED) is 0.494. The Hall–Kier alpha value is -3.55. The van der Waals surface area contributed by atoms with E-state index in [1.54, 1.807) is 25.2 Å². The van der Waals surface area contributed by atoms with E-state index in [0.29, 0.717) is 24.5 Å². The molecule has 1 amide bonds. The van der Waals surface area contributed by atoms with Crippen LogP contribution in [0.15, 0.2) is 41.0 Å². The maximum atomic E-state index is 14.0. The summed E-state index contributed by atoms with van der Waals surface area (Å²) in [6, 6.07) is 6.49. The molecule has 0 atom stereocenters. The highest BCUT2D eigenvalue weighted by Crippen LogP contribution is 2.28. The fourth-order valence-corrected chi connectivity index (χ4v) is 3.36. The molecule has 4 rings (SSSR count). The molecule has 0 radical (unpaired) electrons. The largest absolute Gasteiger partial charge is 0.463 e. The maximum Gasteiger partial charge on any atom is 0.342 e. The molecule has 2 aromatic carbocycles. The second-order valence-corrected chi connectivity index (χ2v) is 6.71. The molecule has 0 bridgehead atoms. The predicted molar refractivity (Wildman–Crippen MR) is 98.9 cm³/mol. The molecule has 1 aliphatic rings. The lowest BCUT2D eigenvalue weighted by atomic mass is 9.98. The summed E-state index contributed by atoms with van der Waals surface area (Å²) in [6.07, 6.45) is 1.85. The Bertz CT molecular complexity index is 1170. The summed E-state index contributed by atoms with van der Waals surface area (Å²) in [4.78, 5) is 38.0. The number of amides is 1. The van der Waals surface area contributed by atoms with Crippen molar-refractivity contribution in [3.8, 4) is 0 Å². The highest BCUT2D eigenvalue weighted by molar-refractivity contribution is 6.05. The molecule has 1 aliphatic heterocycles. The van der Waals surface area contributed by atoms with E-state index in [9.17, 15) is 23.2 Å². The first-order valence-electron chi connectivity index (χ1n) is 8.81. The number of anilines is 1. The number of Topliss-reactive ketones (excluding diaryl/α,β-unsaturated/α-hetero) is 1. The van der Waals surface area contributed by atoms with Crippen molar-refractivity contribution in [1.82, 2.24) is 0 Å². The van der Waals surface area contributed by atoms with Gasteiger partial charge in [0.05, 0.1) is 5.39 Å². The number of ketones is 1. The molecule has 8 heteroatoms. The number of carbonyl (C=O) groups is 3. The molecule has 3 aromatic rings. The topological polar surface area (TPSA) is 76.8 Å². The highest BCUT2D eigenvalue weighted by atomic mass is 19.1. The zero-order valence-electron chi connectivity index (χ0n) is 15.3. The third-order valence-corrected chi connectivity index (χ3v) is 4.89. The number of furan rings is 1. The minimum atomic E-state index is -0.958. The van der Waals surface area contributed by atoms with Gasteiger partial charge in [-0.1, -0.05) is 0 Å². The molecule has 2 heterocycles. The Kier molecular flexibility index (Phi) is 4.62. The van der Waals surface area contributed by atoms with Crippen molar-refractivity contribution in [3.05, 3.63) is 64.9 Å². The molecule has 0 N–H and O–H groups in total. The van der Waals surface area contributed by atoms with Gasteiger partial charge in [0.1, 0.15) is 29.0 Å². The summed E-state index contributed by atoms with van der Waals surface area (Å²) < 4.78 is 37.2. The molecule has 6 nitrogen and oxygen atoms in total. The SMILES string of the molecule is CN1C(=O)CCc2cc(C(=O)COC(=O)c3coc4cc(F)cc(F)c34)ccc21. The average Bonchev–Trinajstić information content (AvgIpc) is 3.12. The van der Waals surface area contributed by atoms with Gasteiger partial charge in [-0.25, -0.2) is 13.6 Å². The van der Waals surface area contributed by atoms with Gasteiger partial charge in [0.15, 0.2) is 12.4 Å². The van der Waals surface area contributed by atoms with Crippen molar-refractivity contribution in [3.63, 3.8) is 0 Å². The maximum absolute atomic E-state index is 14.0. The Balaban J connectivity index is 1.49. The average molecular weight is 399 g/mol. The van der Waals surface area contributed by atoms with Crippen LogP contribution in [-0.4, -0.2) is 31.3 Å². The molecule has 0 saturated carbocycles. The van der Waals surface area contributed by atoms with Gasteiger partial charge in [0.2, 0.25) is 5.91 Å². The van der Waals surface area contributed by atoms with Gasteiger partial charge in [0, 0.05) is 36.9 Å². The van der Waals surface area contributed by atoms with Crippen LogP contribution in [0.25, 0.3) is 11.0 Å². The van der Waals surface area contributed by atoms with Crippen molar-refractivity contribution in [1.29, 1.82) is 0 Å². The molecule has 0 fully saturated rings. The first-order valence-corrected chi connectivity index (χ1v) is 8.81. The summed E-state index contributed by atoms with van der Waals surface area (Å²) in [5.41, 5.74) is 1.58. The van der Waals surface area contributed by atoms with Crippen molar-refractivity contribution in [2.75, 3.05) is 18.6 Å². The fourth-order valence-electron chi connectivity index (χ4n) is 3.36. The number of esters is 1. The van der Waals surface area contributed by atoms with Gasteiger partial charge < -0.3 is 14.1 Å². The summed E-state index contributed by atoms with van der Waals surface area (Å²) >= 11 is 0. The molecule has 0 spiro atoms. The lowest BCUT2D eigenvalue weighted by molar-refractivity contribution is -0.118. The van der Waals surface area contributed by atoms with E-state index < -0.39 is 30.0 Å². The van der Waals surface area contributed by atoms with Crippen LogP contribution in [0.2, 0.25) is 0 Å². The lowest BCUT2D eigenvalue weighted by Crippen LogP contribution is -2.31. The van der Waals surface area contributed by atoms with Gasteiger partial charge in [0.25, 0.3) is 0 Å². The molecule has 0 unspecified atom stereocenters. The van der Waals surface area contributed by atoms with Crippen molar-refractivity contribution < 1.29 is 32.3 Å². The highest BCUT2D eigenvalue weighted by Gasteiger charge is 2.23. The fraction of sp³-hybridized carbons (Fsp3) is 0.190. The molecular weight excluding hydrogens is 384 g/mol. The summed E-state index contributed by atoms with van der Waals surface area (Å²) in [6.45, 7) is -0.554. The van der Waals surface area contributed by atoms with Crippen LogP contribution < -0.4 is 4.90 Å². The Morgan fingerprint density at radius 1 is 1.17 bits per heavy atom. The van der Waals surface area contributed by atoms with Gasteiger partial charge in [-0.15, -0.1) is 0 Å². The van der Waals surface area contributed by atoms with Gasteiger partial charge in [-0.3, -0.25) is 9.59 Å². The van der Waals surface area contributed by atoms with Crippen molar-refractivity contribution in [2.45, 2.75) is 12.8 Å². The first-order chi connectivity index (χ1) is 13.8. The van der Waals surface area contributed by atoms with Crippen LogP contribution in [0, 0.1) is 11.6 Å². The van der Waals surface area contributed by atoms with Crippen LogP contribution in [-0.2, 0) is 16.0 Å². The van der Waals surface area contributed by atoms with E-state index in [-0.39, 0.29) is 22.4 Å². The van der Waals surface area contributed by atoms with E-state index in [1.165, 1.54) is 4.90 Å². The Morgan fingerprint density at radius 3 is 2.76 bits per heavy atom. The zero-order chi connectivity index (χ0) is 20.7. The van der Waals surface area contributed by atoms with E-state index in [4.69, 9.17) is 9.15 Å². The molecule has 29 heavy (non-hydrogen) atoms. The number of nitrogens with zero attached hydrogens (tertiary/aromatic N) is 1. The van der Waals surface area contributed by atoms with Crippen molar-refractivity contribution in [2.24, 2.45) is 0 Å². The van der Waals surface area contributed by atoms with E-state index in [0.717, 1.165) is 23.6 Å². The normalized spacial score (nSPS) is 13.5. The number of aryl methyl sites for hydroxylation is 1. The number of hydrogen-bond donors (Lipinski definition) is 0. The third-order valence-electron chi connectivity index (χ3n) is 4.89. The molecular formula is C21H15F2NO5.